The van der Waals surface area contributed by atoms with Crippen molar-refractivity contribution in [2.75, 3.05) is 23.9 Å². The molecule has 2 amide bonds. The number of hydrogen-bond donors (Lipinski definition) is 1. The van der Waals surface area contributed by atoms with Gasteiger partial charge in [-0.15, -0.1) is 0 Å². The standard InChI is InChI=1S/C17H21N3O4/c1-11-5-6-15(23-4)14(9-11)20(13(3)21)8-7-17(22)18-16-10-12(2)24-19-16/h5-6,9-10H,7-8H2,1-4H3,(H,18,19,22). The summed E-state index contributed by atoms with van der Waals surface area (Å²) in [5.41, 5.74) is 1.65. The minimum absolute atomic E-state index is 0.128. The zero-order chi connectivity index (χ0) is 17.7. The summed E-state index contributed by atoms with van der Waals surface area (Å²) in [5.74, 6) is 1.15. The molecule has 2 rings (SSSR count). The smallest absolute Gasteiger partial charge is 0.227 e. The first kappa shape index (κ1) is 17.5. The fourth-order valence-corrected chi connectivity index (χ4v) is 2.30. The number of benzene rings is 1. The second-order valence-corrected chi connectivity index (χ2v) is 5.47. The first-order valence-electron chi connectivity index (χ1n) is 7.56. The van der Waals surface area contributed by atoms with Crippen LogP contribution in [0.25, 0.3) is 0 Å². The fraction of sp³-hybridized carbons (Fsp3) is 0.353. The molecule has 0 atom stereocenters. The van der Waals surface area contributed by atoms with Gasteiger partial charge in [-0.2, -0.15) is 0 Å². The highest BCUT2D eigenvalue weighted by molar-refractivity contribution is 5.95. The van der Waals surface area contributed by atoms with Crippen molar-refractivity contribution in [1.82, 2.24) is 5.16 Å². The van der Waals surface area contributed by atoms with Gasteiger partial charge in [-0.25, -0.2) is 0 Å². The quantitative estimate of drug-likeness (QED) is 0.879. The normalized spacial score (nSPS) is 10.3. The lowest BCUT2D eigenvalue weighted by atomic mass is 10.1. The molecule has 1 N–H and O–H groups in total. The van der Waals surface area contributed by atoms with Crippen molar-refractivity contribution in [3.8, 4) is 5.75 Å². The third-order valence-corrected chi connectivity index (χ3v) is 3.46. The van der Waals surface area contributed by atoms with E-state index in [0.717, 1.165) is 5.56 Å². The summed E-state index contributed by atoms with van der Waals surface area (Å²) in [5, 5.41) is 6.34. The summed E-state index contributed by atoms with van der Waals surface area (Å²) in [6.07, 6.45) is 0.128. The third kappa shape index (κ3) is 4.34. The summed E-state index contributed by atoms with van der Waals surface area (Å²) in [4.78, 5) is 25.6. The molecule has 1 heterocycles. The van der Waals surface area contributed by atoms with Crippen molar-refractivity contribution >= 4 is 23.3 Å². The Morgan fingerprint density at radius 1 is 1.29 bits per heavy atom. The molecule has 1 aromatic heterocycles. The maximum Gasteiger partial charge on any atom is 0.227 e. The van der Waals surface area contributed by atoms with E-state index in [1.54, 1.807) is 26.2 Å². The summed E-state index contributed by atoms with van der Waals surface area (Å²) < 4.78 is 10.2. The van der Waals surface area contributed by atoms with E-state index in [0.29, 0.717) is 23.0 Å². The summed E-state index contributed by atoms with van der Waals surface area (Å²) in [7, 11) is 1.55. The number of carbonyl (C=O) groups is 2. The number of nitrogens with zero attached hydrogens (tertiary/aromatic N) is 2. The Bertz CT molecular complexity index is 739. The van der Waals surface area contributed by atoms with Crippen LogP contribution in [0.1, 0.15) is 24.7 Å². The number of aromatic nitrogens is 1. The van der Waals surface area contributed by atoms with Crippen molar-refractivity contribution in [3.05, 3.63) is 35.6 Å². The highest BCUT2D eigenvalue weighted by Crippen LogP contribution is 2.29. The number of ether oxygens (including phenoxy) is 1. The Hall–Kier alpha value is -2.83. The maximum absolute atomic E-state index is 12.0. The average molecular weight is 331 g/mol. The van der Waals surface area contributed by atoms with E-state index < -0.39 is 0 Å². The van der Waals surface area contributed by atoms with E-state index in [4.69, 9.17) is 9.26 Å². The Balaban J connectivity index is 2.08. The number of aryl methyl sites for hydroxylation is 2. The predicted molar refractivity (Wildman–Crippen MR) is 90.2 cm³/mol. The summed E-state index contributed by atoms with van der Waals surface area (Å²) in [6, 6.07) is 7.20. The molecule has 0 spiro atoms. The van der Waals surface area contributed by atoms with Gasteiger partial charge in [0.05, 0.1) is 12.8 Å². The van der Waals surface area contributed by atoms with Crippen LogP contribution in [-0.4, -0.2) is 30.6 Å². The minimum atomic E-state index is -0.249. The lowest BCUT2D eigenvalue weighted by Crippen LogP contribution is -2.32. The van der Waals surface area contributed by atoms with E-state index >= 15 is 0 Å². The zero-order valence-electron chi connectivity index (χ0n) is 14.3. The third-order valence-electron chi connectivity index (χ3n) is 3.46. The molecule has 7 nitrogen and oxygen atoms in total. The van der Waals surface area contributed by atoms with Crippen LogP contribution in [0.4, 0.5) is 11.5 Å². The second-order valence-electron chi connectivity index (χ2n) is 5.47. The molecular weight excluding hydrogens is 310 g/mol. The molecule has 24 heavy (non-hydrogen) atoms. The van der Waals surface area contributed by atoms with Gasteiger partial charge in [0, 0.05) is 26.0 Å². The number of carbonyl (C=O) groups excluding carboxylic acids is 2. The summed E-state index contributed by atoms with van der Waals surface area (Å²) in [6.45, 7) is 5.36. The van der Waals surface area contributed by atoms with Gasteiger partial charge in [0.1, 0.15) is 11.5 Å². The molecule has 128 valence electrons. The molecule has 7 heteroatoms. The topological polar surface area (TPSA) is 84.7 Å². The molecule has 0 radical (unpaired) electrons. The molecular formula is C17H21N3O4. The lowest BCUT2D eigenvalue weighted by Gasteiger charge is -2.23. The van der Waals surface area contributed by atoms with E-state index in [1.165, 1.54) is 11.8 Å². The van der Waals surface area contributed by atoms with Crippen molar-refractivity contribution < 1.29 is 18.8 Å². The number of amides is 2. The van der Waals surface area contributed by atoms with E-state index in [9.17, 15) is 9.59 Å². The number of nitrogens with one attached hydrogen (secondary N) is 1. The second kappa shape index (κ2) is 7.63. The molecule has 0 aliphatic heterocycles. The lowest BCUT2D eigenvalue weighted by molar-refractivity contribution is -0.117. The Morgan fingerprint density at radius 2 is 2.04 bits per heavy atom. The number of rotatable bonds is 6. The zero-order valence-corrected chi connectivity index (χ0v) is 14.3. The van der Waals surface area contributed by atoms with Crippen molar-refractivity contribution in [2.45, 2.75) is 27.2 Å². The van der Waals surface area contributed by atoms with Crippen LogP contribution in [0.2, 0.25) is 0 Å². The molecule has 0 bridgehead atoms. The van der Waals surface area contributed by atoms with E-state index in [1.807, 2.05) is 19.1 Å². The SMILES string of the molecule is COc1ccc(C)cc1N(CCC(=O)Nc1cc(C)on1)C(C)=O. The first-order valence-corrected chi connectivity index (χ1v) is 7.56. The van der Waals surface area contributed by atoms with E-state index in [2.05, 4.69) is 10.5 Å². The average Bonchev–Trinajstić information content (AvgIpc) is 2.92. The molecule has 0 saturated carbocycles. The molecule has 1 aromatic carbocycles. The van der Waals surface area contributed by atoms with Crippen LogP contribution in [0.5, 0.6) is 5.75 Å². The van der Waals surface area contributed by atoms with Crippen molar-refractivity contribution in [3.63, 3.8) is 0 Å². The van der Waals surface area contributed by atoms with Crippen LogP contribution in [0.15, 0.2) is 28.8 Å². The highest BCUT2D eigenvalue weighted by Gasteiger charge is 2.18. The van der Waals surface area contributed by atoms with Crippen molar-refractivity contribution in [1.29, 1.82) is 0 Å². The molecule has 0 aliphatic rings. The van der Waals surface area contributed by atoms with Gasteiger partial charge in [0.2, 0.25) is 11.8 Å². The van der Waals surface area contributed by atoms with Gasteiger partial charge in [0.15, 0.2) is 5.82 Å². The molecule has 0 aliphatic carbocycles. The van der Waals surface area contributed by atoms with Crippen LogP contribution in [0.3, 0.4) is 0 Å². The van der Waals surface area contributed by atoms with Crippen molar-refractivity contribution in [2.24, 2.45) is 0 Å². The number of anilines is 2. The predicted octanol–water partition coefficient (Wildman–Crippen LogP) is 2.68. The number of methoxy groups -OCH3 is 1. The Morgan fingerprint density at radius 3 is 2.62 bits per heavy atom. The van der Waals surface area contributed by atoms with Gasteiger partial charge >= 0.3 is 0 Å². The van der Waals surface area contributed by atoms with E-state index in [-0.39, 0.29) is 24.8 Å². The molecule has 0 fully saturated rings. The number of hydrogen-bond acceptors (Lipinski definition) is 5. The van der Waals surface area contributed by atoms with Crippen LogP contribution >= 0.6 is 0 Å². The monoisotopic (exact) mass is 331 g/mol. The van der Waals surface area contributed by atoms with Gasteiger partial charge in [-0.05, 0) is 31.5 Å². The highest BCUT2D eigenvalue weighted by atomic mass is 16.5. The van der Waals surface area contributed by atoms with Gasteiger partial charge in [-0.1, -0.05) is 11.2 Å². The Labute approximate surface area is 140 Å². The van der Waals surface area contributed by atoms with Crippen LogP contribution < -0.4 is 15.0 Å². The molecule has 2 aromatic rings. The maximum atomic E-state index is 12.0. The summed E-state index contributed by atoms with van der Waals surface area (Å²) >= 11 is 0. The van der Waals surface area contributed by atoms with Gasteiger partial charge in [-0.3, -0.25) is 9.59 Å². The fourth-order valence-electron chi connectivity index (χ4n) is 2.30. The van der Waals surface area contributed by atoms with Gasteiger partial charge in [0.25, 0.3) is 0 Å². The molecule has 0 unspecified atom stereocenters. The largest absolute Gasteiger partial charge is 0.495 e. The Kier molecular flexibility index (Phi) is 5.57. The van der Waals surface area contributed by atoms with Crippen LogP contribution in [0, 0.1) is 13.8 Å². The van der Waals surface area contributed by atoms with Crippen LogP contribution in [-0.2, 0) is 9.59 Å². The first-order chi connectivity index (χ1) is 11.4. The van der Waals surface area contributed by atoms with Gasteiger partial charge < -0.3 is 19.5 Å². The minimum Gasteiger partial charge on any atom is -0.495 e. The molecule has 0 saturated heterocycles.